The summed E-state index contributed by atoms with van der Waals surface area (Å²) in [6.07, 6.45) is 3.47. The van der Waals surface area contributed by atoms with Gasteiger partial charge >= 0.3 is 0 Å². The van der Waals surface area contributed by atoms with Gasteiger partial charge in [-0.15, -0.1) is 0 Å². The van der Waals surface area contributed by atoms with Crippen LogP contribution >= 0.6 is 0 Å². The Hall–Kier alpha value is -0.0800. The highest BCUT2D eigenvalue weighted by Crippen LogP contribution is 2.22. The molecule has 0 saturated heterocycles. The quantitative estimate of drug-likeness (QED) is 0.459. The molecule has 0 aromatic heterocycles. The van der Waals surface area contributed by atoms with Crippen molar-refractivity contribution in [2.24, 2.45) is 0 Å². The lowest BCUT2D eigenvalue weighted by molar-refractivity contribution is 0.218. The minimum Gasteiger partial charge on any atom is -0.785 e. The molecule has 0 radical (unpaired) electrons. The maximum Gasteiger partial charge on any atom is -0.00282 e. The van der Waals surface area contributed by atoms with Crippen LogP contribution in [0.25, 0.3) is 0 Å². The third-order valence-electron chi connectivity index (χ3n) is 1.59. The van der Waals surface area contributed by atoms with Crippen molar-refractivity contribution >= 4 is 0 Å². The molecule has 2 nitrogen and oxygen atoms in total. The molecule has 0 N–H and O–H groups in total. The van der Waals surface area contributed by atoms with Crippen molar-refractivity contribution in [2.75, 3.05) is 7.05 Å². The molecular formula is C5H10NO-. The number of rotatable bonds is 1. The van der Waals surface area contributed by atoms with Gasteiger partial charge in [-0.05, 0) is 25.9 Å². The number of hydroxylamine groups is 2. The average molecular weight is 100 g/mol. The molecule has 0 aromatic carbocycles. The van der Waals surface area contributed by atoms with E-state index in [1.807, 2.05) is 0 Å². The van der Waals surface area contributed by atoms with E-state index >= 15 is 0 Å². The van der Waals surface area contributed by atoms with Gasteiger partial charge in [-0.3, -0.25) is 0 Å². The fourth-order valence-corrected chi connectivity index (χ4v) is 0.750. The second-order valence-electron chi connectivity index (χ2n) is 2.13. The summed E-state index contributed by atoms with van der Waals surface area (Å²) in [5.74, 6) is 0. The monoisotopic (exact) mass is 100 g/mol. The van der Waals surface area contributed by atoms with Gasteiger partial charge < -0.3 is 10.3 Å². The second kappa shape index (κ2) is 1.80. The van der Waals surface area contributed by atoms with Crippen LogP contribution in [-0.4, -0.2) is 18.2 Å². The van der Waals surface area contributed by atoms with Gasteiger partial charge in [-0.1, -0.05) is 6.42 Å². The zero-order chi connectivity index (χ0) is 5.28. The Morgan fingerprint density at radius 1 is 1.57 bits per heavy atom. The molecule has 1 aliphatic carbocycles. The average Bonchev–Trinajstić information content (AvgIpc) is 1.23. The summed E-state index contributed by atoms with van der Waals surface area (Å²) in [5, 5.41) is 11.4. The Labute approximate surface area is 43.7 Å². The maximum atomic E-state index is 10.3. The molecule has 7 heavy (non-hydrogen) atoms. The Morgan fingerprint density at radius 2 is 2.14 bits per heavy atom. The second-order valence-corrected chi connectivity index (χ2v) is 2.13. The zero-order valence-corrected chi connectivity index (χ0v) is 4.55. The van der Waals surface area contributed by atoms with E-state index in [4.69, 9.17) is 0 Å². The van der Waals surface area contributed by atoms with Crippen molar-refractivity contribution in [2.45, 2.75) is 25.3 Å². The van der Waals surface area contributed by atoms with Gasteiger partial charge in [0.2, 0.25) is 0 Å². The topological polar surface area (TPSA) is 26.3 Å². The van der Waals surface area contributed by atoms with Crippen LogP contribution in [0.3, 0.4) is 0 Å². The van der Waals surface area contributed by atoms with Crippen LogP contribution in [-0.2, 0) is 0 Å². The van der Waals surface area contributed by atoms with E-state index in [1.165, 1.54) is 6.42 Å². The molecule has 0 atom stereocenters. The maximum absolute atomic E-state index is 10.3. The summed E-state index contributed by atoms with van der Waals surface area (Å²) < 4.78 is 0. The van der Waals surface area contributed by atoms with Gasteiger partial charge in [0.15, 0.2) is 0 Å². The summed E-state index contributed by atoms with van der Waals surface area (Å²) >= 11 is 0. The normalized spacial score (nSPS) is 22.7. The Bertz CT molecular complexity index is 59.1. The third kappa shape index (κ3) is 0.924. The molecule has 0 aromatic rings. The van der Waals surface area contributed by atoms with Gasteiger partial charge in [0.25, 0.3) is 0 Å². The SMILES string of the molecule is CN([O-])C1CCC1. The van der Waals surface area contributed by atoms with Crippen molar-refractivity contribution in [3.63, 3.8) is 0 Å². The molecule has 0 aliphatic heterocycles. The molecule has 1 fully saturated rings. The highest BCUT2D eigenvalue weighted by atomic mass is 16.5. The van der Waals surface area contributed by atoms with Crippen LogP contribution < -0.4 is 0 Å². The molecular weight excluding hydrogens is 90.1 g/mol. The van der Waals surface area contributed by atoms with Crippen molar-refractivity contribution in [1.29, 1.82) is 0 Å². The van der Waals surface area contributed by atoms with Crippen LogP contribution in [0.15, 0.2) is 0 Å². The highest BCUT2D eigenvalue weighted by molar-refractivity contribution is 4.77. The minimum absolute atomic E-state index is 0.361. The highest BCUT2D eigenvalue weighted by Gasteiger charge is 2.15. The van der Waals surface area contributed by atoms with Gasteiger partial charge in [0, 0.05) is 0 Å². The smallest absolute Gasteiger partial charge is 0.00282 e. The molecule has 0 unspecified atom stereocenters. The number of hydrogen-bond donors (Lipinski definition) is 0. The molecule has 0 heterocycles. The molecule has 0 amide bonds. The first kappa shape index (κ1) is 5.06. The van der Waals surface area contributed by atoms with E-state index in [1.54, 1.807) is 7.05 Å². The molecule has 2 heteroatoms. The first-order valence-corrected chi connectivity index (χ1v) is 2.70. The van der Waals surface area contributed by atoms with Gasteiger partial charge in [-0.2, -0.15) is 0 Å². The first-order valence-electron chi connectivity index (χ1n) is 2.70. The summed E-state index contributed by atoms with van der Waals surface area (Å²) in [6, 6.07) is 0.361. The summed E-state index contributed by atoms with van der Waals surface area (Å²) in [5.41, 5.74) is 0. The predicted molar refractivity (Wildman–Crippen MR) is 28.8 cm³/mol. The third-order valence-corrected chi connectivity index (χ3v) is 1.59. The van der Waals surface area contributed by atoms with E-state index in [0.717, 1.165) is 17.9 Å². The number of nitrogens with zero attached hydrogens (tertiary/aromatic N) is 1. The molecule has 1 saturated carbocycles. The summed E-state index contributed by atoms with van der Waals surface area (Å²) in [4.78, 5) is 0. The fraction of sp³-hybridized carbons (Fsp3) is 1.00. The van der Waals surface area contributed by atoms with E-state index in [0.29, 0.717) is 6.04 Å². The van der Waals surface area contributed by atoms with Crippen molar-refractivity contribution < 1.29 is 0 Å². The lowest BCUT2D eigenvalue weighted by Gasteiger charge is -2.39. The fourth-order valence-electron chi connectivity index (χ4n) is 0.750. The van der Waals surface area contributed by atoms with E-state index < -0.39 is 0 Å². The Balaban J connectivity index is 2.14. The molecule has 42 valence electrons. The molecule has 1 rings (SSSR count). The lowest BCUT2D eigenvalue weighted by Crippen LogP contribution is -2.32. The molecule has 0 bridgehead atoms. The first-order chi connectivity index (χ1) is 3.30. The molecule has 1 aliphatic rings. The predicted octanol–water partition coefficient (Wildman–Crippen LogP) is 0.969. The van der Waals surface area contributed by atoms with Gasteiger partial charge in [0.05, 0.1) is 0 Å². The van der Waals surface area contributed by atoms with E-state index in [2.05, 4.69) is 0 Å². The number of hydrogen-bond acceptors (Lipinski definition) is 2. The zero-order valence-electron chi connectivity index (χ0n) is 4.55. The van der Waals surface area contributed by atoms with Gasteiger partial charge in [0.1, 0.15) is 0 Å². The van der Waals surface area contributed by atoms with Crippen molar-refractivity contribution in [3.05, 3.63) is 5.21 Å². The molecule has 0 spiro atoms. The van der Waals surface area contributed by atoms with Crippen LogP contribution in [0.2, 0.25) is 0 Å². The summed E-state index contributed by atoms with van der Waals surface area (Å²) in [6.45, 7) is 0. The largest absolute Gasteiger partial charge is 0.785 e. The van der Waals surface area contributed by atoms with Crippen LogP contribution in [0, 0.1) is 5.21 Å². The lowest BCUT2D eigenvalue weighted by atomic mass is 9.93. The Morgan fingerprint density at radius 3 is 2.14 bits per heavy atom. The van der Waals surface area contributed by atoms with Crippen LogP contribution in [0.4, 0.5) is 0 Å². The minimum atomic E-state index is 0.361. The van der Waals surface area contributed by atoms with Gasteiger partial charge in [-0.25, -0.2) is 0 Å². The van der Waals surface area contributed by atoms with Crippen LogP contribution in [0.1, 0.15) is 19.3 Å². The van der Waals surface area contributed by atoms with E-state index in [-0.39, 0.29) is 0 Å². The standard InChI is InChI=1S/C5H10NO/c1-6(7)5-3-2-4-5/h5H,2-4H2,1H3/q-1. The van der Waals surface area contributed by atoms with Crippen LogP contribution in [0.5, 0.6) is 0 Å². The Kier molecular flexibility index (Phi) is 1.30. The van der Waals surface area contributed by atoms with Crippen molar-refractivity contribution in [3.8, 4) is 0 Å². The summed E-state index contributed by atoms with van der Waals surface area (Å²) in [7, 11) is 1.60. The van der Waals surface area contributed by atoms with Crippen molar-refractivity contribution in [1.82, 2.24) is 5.06 Å². The van der Waals surface area contributed by atoms with E-state index in [9.17, 15) is 5.21 Å².